The third-order valence-corrected chi connectivity index (χ3v) is 4.67. The Morgan fingerprint density at radius 1 is 1.17 bits per heavy atom. The molecular weight excluding hydrogens is 244 g/mol. The van der Waals surface area contributed by atoms with E-state index >= 15 is 0 Å². The van der Waals surface area contributed by atoms with Gasteiger partial charge in [-0.15, -0.1) is 0 Å². The molecule has 2 heteroatoms. The van der Waals surface area contributed by atoms with E-state index in [1.807, 2.05) is 24.3 Å². The van der Waals surface area contributed by atoms with Gasteiger partial charge in [-0.2, -0.15) is 0 Å². The van der Waals surface area contributed by atoms with Crippen molar-refractivity contribution in [3.05, 3.63) is 34.9 Å². The van der Waals surface area contributed by atoms with Crippen LogP contribution in [0.1, 0.15) is 51.5 Å². The molecular formula is C16H23ClO. The van der Waals surface area contributed by atoms with Crippen molar-refractivity contribution >= 4 is 11.6 Å². The minimum absolute atomic E-state index is 0.645. The molecule has 1 nitrogen and oxygen atoms in total. The fourth-order valence-electron chi connectivity index (χ4n) is 3.07. The standard InChI is InChI=1S/C16H23ClO/c1-12(2)13-4-3-10-16(18,11-9-13)14-5-7-15(17)8-6-14/h5-8,12-13,18H,3-4,9-11H2,1-2H3. The summed E-state index contributed by atoms with van der Waals surface area (Å²) < 4.78 is 0. The second kappa shape index (κ2) is 5.63. The first-order chi connectivity index (χ1) is 8.51. The number of aliphatic hydroxyl groups is 1. The fraction of sp³-hybridized carbons (Fsp3) is 0.625. The first kappa shape index (κ1) is 13.9. The lowest BCUT2D eigenvalue weighted by Crippen LogP contribution is -2.24. The number of benzene rings is 1. The van der Waals surface area contributed by atoms with Gasteiger partial charge in [-0.25, -0.2) is 0 Å². The molecule has 2 unspecified atom stereocenters. The van der Waals surface area contributed by atoms with Crippen LogP contribution in [0.25, 0.3) is 0 Å². The number of rotatable bonds is 2. The molecule has 2 rings (SSSR count). The molecule has 1 aliphatic carbocycles. The second-order valence-corrected chi connectivity index (χ2v) is 6.41. The smallest absolute Gasteiger partial charge is 0.0896 e. The van der Waals surface area contributed by atoms with E-state index in [4.69, 9.17) is 11.6 Å². The summed E-state index contributed by atoms with van der Waals surface area (Å²) in [5, 5.41) is 11.6. The summed E-state index contributed by atoms with van der Waals surface area (Å²) in [6, 6.07) is 7.69. The molecule has 1 fully saturated rings. The summed E-state index contributed by atoms with van der Waals surface area (Å²) in [4.78, 5) is 0. The van der Waals surface area contributed by atoms with Gasteiger partial charge in [-0.1, -0.05) is 44.0 Å². The lowest BCUT2D eigenvalue weighted by atomic mass is 9.85. The molecule has 0 saturated heterocycles. The molecule has 0 amide bonds. The third-order valence-electron chi connectivity index (χ3n) is 4.42. The minimum atomic E-state index is -0.645. The molecule has 1 saturated carbocycles. The molecule has 1 aromatic carbocycles. The Bertz CT molecular complexity index is 385. The summed E-state index contributed by atoms with van der Waals surface area (Å²) in [6.07, 6.45) is 5.22. The Balaban J connectivity index is 2.14. The van der Waals surface area contributed by atoms with E-state index in [2.05, 4.69) is 13.8 Å². The van der Waals surface area contributed by atoms with E-state index < -0.39 is 5.60 Å². The van der Waals surface area contributed by atoms with Crippen molar-refractivity contribution < 1.29 is 5.11 Å². The van der Waals surface area contributed by atoms with Gasteiger partial charge in [0.25, 0.3) is 0 Å². The Kier molecular flexibility index (Phi) is 4.34. The van der Waals surface area contributed by atoms with Crippen LogP contribution >= 0.6 is 11.6 Å². The zero-order valence-corrected chi connectivity index (χ0v) is 12.1. The zero-order chi connectivity index (χ0) is 13.2. The maximum atomic E-state index is 10.9. The predicted molar refractivity (Wildman–Crippen MR) is 76.8 cm³/mol. The van der Waals surface area contributed by atoms with Gasteiger partial charge in [-0.05, 0) is 55.2 Å². The quantitative estimate of drug-likeness (QED) is 0.765. The highest BCUT2D eigenvalue weighted by atomic mass is 35.5. The molecule has 1 aliphatic rings. The molecule has 0 bridgehead atoms. The monoisotopic (exact) mass is 266 g/mol. The van der Waals surface area contributed by atoms with Gasteiger partial charge < -0.3 is 5.11 Å². The summed E-state index contributed by atoms with van der Waals surface area (Å²) >= 11 is 5.91. The summed E-state index contributed by atoms with van der Waals surface area (Å²) in [5.74, 6) is 1.48. The lowest BCUT2D eigenvalue weighted by molar-refractivity contribution is 0.0191. The van der Waals surface area contributed by atoms with Crippen molar-refractivity contribution in [2.45, 2.75) is 51.6 Å². The minimum Gasteiger partial charge on any atom is -0.385 e. The Morgan fingerprint density at radius 3 is 2.44 bits per heavy atom. The molecule has 0 heterocycles. The van der Waals surface area contributed by atoms with Crippen molar-refractivity contribution in [1.82, 2.24) is 0 Å². The van der Waals surface area contributed by atoms with Crippen LogP contribution in [0.4, 0.5) is 0 Å². The van der Waals surface area contributed by atoms with Crippen LogP contribution in [0.5, 0.6) is 0 Å². The maximum absolute atomic E-state index is 10.9. The molecule has 0 radical (unpaired) electrons. The number of hydrogen-bond donors (Lipinski definition) is 1. The topological polar surface area (TPSA) is 20.2 Å². The molecule has 100 valence electrons. The third kappa shape index (κ3) is 3.07. The maximum Gasteiger partial charge on any atom is 0.0896 e. The number of hydrogen-bond acceptors (Lipinski definition) is 1. The van der Waals surface area contributed by atoms with Crippen LogP contribution in [0.15, 0.2) is 24.3 Å². The van der Waals surface area contributed by atoms with E-state index in [1.54, 1.807) is 0 Å². The largest absolute Gasteiger partial charge is 0.385 e. The fourth-order valence-corrected chi connectivity index (χ4v) is 3.19. The first-order valence-corrected chi connectivity index (χ1v) is 7.37. The average molecular weight is 267 g/mol. The first-order valence-electron chi connectivity index (χ1n) is 7.00. The molecule has 0 spiro atoms. The average Bonchev–Trinajstić information content (AvgIpc) is 2.53. The second-order valence-electron chi connectivity index (χ2n) is 5.97. The van der Waals surface area contributed by atoms with E-state index in [0.29, 0.717) is 0 Å². The van der Waals surface area contributed by atoms with Crippen LogP contribution < -0.4 is 0 Å². The van der Waals surface area contributed by atoms with Crippen LogP contribution in [0, 0.1) is 11.8 Å². The molecule has 1 N–H and O–H groups in total. The lowest BCUT2D eigenvalue weighted by Gasteiger charge is -2.27. The zero-order valence-electron chi connectivity index (χ0n) is 11.3. The van der Waals surface area contributed by atoms with E-state index in [9.17, 15) is 5.11 Å². The molecule has 1 aromatic rings. The van der Waals surface area contributed by atoms with Crippen molar-refractivity contribution in [2.75, 3.05) is 0 Å². The van der Waals surface area contributed by atoms with E-state index in [1.165, 1.54) is 6.42 Å². The van der Waals surface area contributed by atoms with Crippen molar-refractivity contribution in [1.29, 1.82) is 0 Å². The van der Waals surface area contributed by atoms with Gasteiger partial charge in [0.1, 0.15) is 0 Å². The van der Waals surface area contributed by atoms with Gasteiger partial charge in [0.15, 0.2) is 0 Å². The summed E-state index contributed by atoms with van der Waals surface area (Å²) in [6.45, 7) is 4.58. The Morgan fingerprint density at radius 2 is 1.83 bits per heavy atom. The van der Waals surface area contributed by atoms with Crippen LogP contribution in [-0.2, 0) is 5.60 Å². The Hall–Kier alpha value is -0.530. The van der Waals surface area contributed by atoms with Gasteiger partial charge >= 0.3 is 0 Å². The van der Waals surface area contributed by atoms with Crippen molar-refractivity contribution in [3.8, 4) is 0 Å². The normalized spacial score (nSPS) is 29.3. The van der Waals surface area contributed by atoms with Crippen LogP contribution in [-0.4, -0.2) is 5.11 Å². The predicted octanol–water partition coefficient (Wildman–Crippen LogP) is 4.76. The van der Waals surface area contributed by atoms with Gasteiger partial charge in [-0.3, -0.25) is 0 Å². The molecule has 18 heavy (non-hydrogen) atoms. The number of halogens is 1. The van der Waals surface area contributed by atoms with Crippen molar-refractivity contribution in [3.63, 3.8) is 0 Å². The molecule has 2 atom stereocenters. The Labute approximate surface area is 115 Å². The van der Waals surface area contributed by atoms with Gasteiger partial charge in [0.2, 0.25) is 0 Å². The van der Waals surface area contributed by atoms with Crippen molar-refractivity contribution in [2.24, 2.45) is 11.8 Å². The molecule has 0 aliphatic heterocycles. The highest BCUT2D eigenvalue weighted by Gasteiger charge is 2.33. The van der Waals surface area contributed by atoms with Gasteiger partial charge in [0, 0.05) is 5.02 Å². The van der Waals surface area contributed by atoms with E-state index in [-0.39, 0.29) is 0 Å². The summed E-state index contributed by atoms with van der Waals surface area (Å²) in [7, 11) is 0. The van der Waals surface area contributed by atoms with Crippen LogP contribution in [0.2, 0.25) is 5.02 Å². The molecule has 0 aromatic heterocycles. The SMILES string of the molecule is CC(C)C1CCCC(O)(c2ccc(Cl)cc2)CC1. The highest BCUT2D eigenvalue weighted by molar-refractivity contribution is 6.30. The van der Waals surface area contributed by atoms with E-state index in [0.717, 1.165) is 48.1 Å². The van der Waals surface area contributed by atoms with Gasteiger partial charge in [0.05, 0.1) is 5.60 Å². The summed E-state index contributed by atoms with van der Waals surface area (Å²) in [5.41, 5.74) is 0.380. The highest BCUT2D eigenvalue weighted by Crippen LogP contribution is 2.39. The van der Waals surface area contributed by atoms with Crippen LogP contribution in [0.3, 0.4) is 0 Å².